The number of hydrogen-bond donors (Lipinski definition) is 2. The lowest BCUT2D eigenvalue weighted by atomic mass is 9.95. The summed E-state index contributed by atoms with van der Waals surface area (Å²) in [5, 5.41) is 3.57. The fourth-order valence-corrected chi connectivity index (χ4v) is 3.78. The summed E-state index contributed by atoms with van der Waals surface area (Å²) in [7, 11) is 0. The highest BCUT2D eigenvalue weighted by atomic mass is 16.1. The molecular weight excluding hydrogens is 214 g/mol. The Morgan fingerprint density at radius 2 is 2.00 bits per heavy atom. The van der Waals surface area contributed by atoms with Crippen molar-refractivity contribution in [2.75, 3.05) is 6.54 Å². The van der Waals surface area contributed by atoms with E-state index in [4.69, 9.17) is 5.73 Å². The zero-order valence-electron chi connectivity index (χ0n) is 11.0. The first-order chi connectivity index (χ1) is 8.11. The predicted molar refractivity (Wildman–Crippen MR) is 68.6 cm³/mol. The van der Waals surface area contributed by atoms with E-state index in [0.717, 1.165) is 6.54 Å². The van der Waals surface area contributed by atoms with Crippen LogP contribution >= 0.6 is 0 Å². The summed E-state index contributed by atoms with van der Waals surface area (Å²) in [6, 6.07) is 2.31. The average Bonchev–Trinajstić information content (AvgIpc) is 2.50. The van der Waals surface area contributed by atoms with Crippen LogP contribution in [0.4, 0.5) is 0 Å². The molecule has 2 bridgehead atoms. The summed E-state index contributed by atoms with van der Waals surface area (Å²) in [4.78, 5) is 13.6. The monoisotopic (exact) mass is 239 g/mol. The van der Waals surface area contributed by atoms with Gasteiger partial charge in [0.25, 0.3) is 0 Å². The molecule has 2 heterocycles. The maximum atomic E-state index is 11.0. The van der Waals surface area contributed by atoms with E-state index in [1.165, 1.54) is 25.7 Å². The molecule has 0 aromatic rings. The first kappa shape index (κ1) is 12.8. The Bertz CT molecular complexity index is 268. The van der Waals surface area contributed by atoms with Crippen molar-refractivity contribution in [3.05, 3.63) is 0 Å². The summed E-state index contributed by atoms with van der Waals surface area (Å²) < 4.78 is 0. The number of rotatable bonds is 5. The van der Waals surface area contributed by atoms with E-state index in [0.29, 0.717) is 30.6 Å². The third-order valence-electron chi connectivity index (χ3n) is 4.29. The number of nitrogens with one attached hydrogen (secondary N) is 1. The molecule has 2 rings (SSSR count). The smallest absolute Gasteiger partial charge is 0.218 e. The summed E-state index contributed by atoms with van der Waals surface area (Å²) in [6.45, 7) is 5.37. The van der Waals surface area contributed by atoms with Gasteiger partial charge in [-0.1, -0.05) is 6.92 Å². The van der Waals surface area contributed by atoms with Crippen LogP contribution in [0.2, 0.25) is 0 Å². The van der Waals surface area contributed by atoms with Crippen LogP contribution in [0.1, 0.15) is 46.0 Å². The largest absolute Gasteiger partial charge is 0.370 e. The number of carbonyl (C=O) groups excluding carboxylic acids is 1. The topological polar surface area (TPSA) is 58.4 Å². The first-order valence-corrected chi connectivity index (χ1v) is 6.91. The number of amides is 1. The number of fused-ring (bicyclic) bond motifs is 2. The molecule has 0 spiro atoms. The van der Waals surface area contributed by atoms with E-state index >= 15 is 0 Å². The van der Waals surface area contributed by atoms with Crippen molar-refractivity contribution in [2.24, 2.45) is 5.73 Å². The van der Waals surface area contributed by atoms with Crippen molar-refractivity contribution in [2.45, 2.75) is 70.1 Å². The van der Waals surface area contributed by atoms with Crippen LogP contribution in [0.5, 0.6) is 0 Å². The van der Waals surface area contributed by atoms with Crippen molar-refractivity contribution in [3.8, 4) is 0 Å². The van der Waals surface area contributed by atoms with Crippen LogP contribution in [0.15, 0.2) is 0 Å². The van der Waals surface area contributed by atoms with Gasteiger partial charge in [0.2, 0.25) is 5.91 Å². The van der Waals surface area contributed by atoms with Gasteiger partial charge in [0.15, 0.2) is 0 Å². The molecule has 0 radical (unpaired) electrons. The van der Waals surface area contributed by atoms with Gasteiger partial charge in [-0.3, -0.25) is 9.69 Å². The number of primary amides is 1. The molecule has 4 nitrogen and oxygen atoms in total. The van der Waals surface area contributed by atoms with Crippen molar-refractivity contribution >= 4 is 5.91 Å². The van der Waals surface area contributed by atoms with Gasteiger partial charge in [-0.25, -0.2) is 0 Å². The van der Waals surface area contributed by atoms with Gasteiger partial charge in [0, 0.05) is 30.6 Å². The molecular formula is C13H25N3O. The number of carbonyl (C=O) groups is 1. The molecule has 3 N–H and O–H groups in total. The van der Waals surface area contributed by atoms with Gasteiger partial charge in [0.1, 0.15) is 0 Å². The Labute approximate surface area is 104 Å². The Kier molecular flexibility index (Phi) is 4.05. The quantitative estimate of drug-likeness (QED) is 0.748. The highest BCUT2D eigenvalue weighted by molar-refractivity contribution is 5.74. The number of hydrogen-bond acceptors (Lipinski definition) is 3. The van der Waals surface area contributed by atoms with Crippen LogP contribution in [-0.2, 0) is 4.79 Å². The summed E-state index contributed by atoms with van der Waals surface area (Å²) in [5.74, 6) is -0.175. The van der Waals surface area contributed by atoms with Gasteiger partial charge in [-0.15, -0.1) is 0 Å². The zero-order chi connectivity index (χ0) is 12.4. The maximum absolute atomic E-state index is 11.0. The Balaban J connectivity index is 1.96. The van der Waals surface area contributed by atoms with E-state index in [1.807, 2.05) is 0 Å². The van der Waals surface area contributed by atoms with Crippen LogP contribution in [0.25, 0.3) is 0 Å². The third-order valence-corrected chi connectivity index (χ3v) is 4.29. The minimum atomic E-state index is -0.175. The highest BCUT2D eigenvalue weighted by Crippen LogP contribution is 2.37. The predicted octanol–water partition coefficient (Wildman–Crippen LogP) is 0.855. The molecule has 0 aliphatic carbocycles. The fraction of sp³-hybridized carbons (Fsp3) is 0.923. The second-order valence-corrected chi connectivity index (χ2v) is 5.58. The van der Waals surface area contributed by atoms with Crippen LogP contribution in [0.3, 0.4) is 0 Å². The number of nitrogens with zero attached hydrogens (tertiary/aromatic N) is 1. The standard InChI is InChI=1S/C13H25N3O/c1-3-15-10-7-11-4-5-12(8-10)16(11)9(2)6-13(14)17/h9-12,15H,3-8H2,1-2H3,(H2,14,17). The first-order valence-electron chi connectivity index (χ1n) is 6.91. The van der Waals surface area contributed by atoms with E-state index in [9.17, 15) is 4.79 Å². The normalized spacial score (nSPS) is 34.8. The SMILES string of the molecule is CCNC1CC2CCC(C1)N2C(C)CC(N)=O. The van der Waals surface area contributed by atoms with E-state index < -0.39 is 0 Å². The minimum absolute atomic E-state index is 0.175. The lowest BCUT2D eigenvalue weighted by Crippen LogP contribution is -2.52. The Morgan fingerprint density at radius 1 is 1.41 bits per heavy atom. The summed E-state index contributed by atoms with van der Waals surface area (Å²) >= 11 is 0. The number of piperidine rings is 1. The van der Waals surface area contributed by atoms with Crippen LogP contribution in [0, 0.1) is 0 Å². The van der Waals surface area contributed by atoms with Crippen molar-refractivity contribution in [1.82, 2.24) is 10.2 Å². The second kappa shape index (κ2) is 5.36. The van der Waals surface area contributed by atoms with Crippen molar-refractivity contribution < 1.29 is 4.79 Å². The van der Waals surface area contributed by atoms with E-state index in [2.05, 4.69) is 24.1 Å². The lowest BCUT2D eigenvalue weighted by Gasteiger charge is -2.42. The molecule has 17 heavy (non-hydrogen) atoms. The van der Waals surface area contributed by atoms with Gasteiger partial charge in [0.05, 0.1) is 0 Å². The van der Waals surface area contributed by atoms with E-state index in [-0.39, 0.29) is 5.91 Å². The van der Waals surface area contributed by atoms with Crippen molar-refractivity contribution in [1.29, 1.82) is 0 Å². The van der Waals surface area contributed by atoms with Gasteiger partial charge in [-0.2, -0.15) is 0 Å². The average molecular weight is 239 g/mol. The molecule has 1 amide bonds. The molecule has 3 atom stereocenters. The third kappa shape index (κ3) is 2.80. The molecule has 0 saturated carbocycles. The maximum Gasteiger partial charge on any atom is 0.218 e. The molecule has 2 fully saturated rings. The van der Waals surface area contributed by atoms with Gasteiger partial charge < -0.3 is 11.1 Å². The fourth-order valence-electron chi connectivity index (χ4n) is 3.78. The van der Waals surface area contributed by atoms with Crippen molar-refractivity contribution in [3.63, 3.8) is 0 Å². The molecule has 2 aliphatic heterocycles. The van der Waals surface area contributed by atoms with Crippen LogP contribution < -0.4 is 11.1 Å². The van der Waals surface area contributed by atoms with Gasteiger partial charge >= 0.3 is 0 Å². The highest BCUT2D eigenvalue weighted by Gasteiger charge is 2.42. The number of nitrogens with two attached hydrogens (primary N) is 1. The van der Waals surface area contributed by atoms with Gasteiger partial charge in [-0.05, 0) is 39.2 Å². The Morgan fingerprint density at radius 3 is 2.47 bits per heavy atom. The lowest BCUT2D eigenvalue weighted by molar-refractivity contribution is -0.119. The second-order valence-electron chi connectivity index (χ2n) is 5.58. The molecule has 0 aromatic heterocycles. The van der Waals surface area contributed by atoms with Crippen LogP contribution in [-0.4, -0.2) is 41.5 Å². The van der Waals surface area contributed by atoms with E-state index in [1.54, 1.807) is 0 Å². The molecule has 2 saturated heterocycles. The molecule has 98 valence electrons. The Hall–Kier alpha value is -0.610. The molecule has 3 unspecified atom stereocenters. The summed E-state index contributed by atoms with van der Waals surface area (Å²) in [5.41, 5.74) is 5.31. The summed E-state index contributed by atoms with van der Waals surface area (Å²) in [6.07, 6.45) is 5.53. The molecule has 0 aromatic carbocycles. The zero-order valence-corrected chi connectivity index (χ0v) is 11.0. The molecule has 2 aliphatic rings. The molecule has 4 heteroatoms. The minimum Gasteiger partial charge on any atom is -0.370 e.